The highest BCUT2D eigenvalue weighted by atomic mass is 16.5. The molecule has 0 radical (unpaired) electrons. The highest BCUT2D eigenvalue weighted by Crippen LogP contribution is 2.44. The van der Waals surface area contributed by atoms with Gasteiger partial charge in [0.1, 0.15) is 12.3 Å². The Balaban J connectivity index is 1.21. The zero-order chi connectivity index (χ0) is 24.1. The SMILES string of the molecule is Cc1c[nH]c(=O)c(NC(=O)C(N)CCCNC(=O)OCC2c3ccccc3-c3ccccc32)c1. The molecule has 1 unspecified atom stereocenters. The van der Waals surface area contributed by atoms with Crippen molar-refractivity contribution < 1.29 is 14.3 Å². The molecule has 0 bridgehead atoms. The molecule has 4 rings (SSSR count). The molecule has 34 heavy (non-hydrogen) atoms. The fourth-order valence-corrected chi connectivity index (χ4v) is 4.20. The standard InChI is InChI=1S/C26H28N4O4/c1-16-13-23(25(32)29-14-16)30-24(31)22(27)11-6-12-28-26(33)34-15-21-19-9-4-2-7-17(19)18-8-3-5-10-20(18)21/h2-5,7-10,13-14,21-22H,6,11-12,15,27H2,1H3,(H,28,33)(H,29,32)(H,30,31). The van der Waals surface area contributed by atoms with Gasteiger partial charge in [0.25, 0.3) is 5.56 Å². The lowest BCUT2D eigenvalue weighted by Gasteiger charge is -2.15. The van der Waals surface area contributed by atoms with E-state index in [4.69, 9.17) is 10.5 Å². The number of aromatic amines is 1. The van der Waals surface area contributed by atoms with Crippen LogP contribution in [0.5, 0.6) is 0 Å². The molecule has 176 valence electrons. The van der Waals surface area contributed by atoms with Crippen molar-refractivity contribution >= 4 is 17.7 Å². The second kappa shape index (κ2) is 10.4. The molecule has 0 saturated carbocycles. The lowest BCUT2D eigenvalue weighted by atomic mass is 9.98. The molecule has 0 fully saturated rings. The molecule has 8 nitrogen and oxygen atoms in total. The number of carbonyl (C=O) groups excluding carboxylic acids is 2. The molecule has 1 aromatic heterocycles. The number of amides is 2. The smallest absolute Gasteiger partial charge is 0.407 e. The molecule has 1 heterocycles. The molecule has 5 N–H and O–H groups in total. The molecule has 1 aliphatic rings. The van der Waals surface area contributed by atoms with Crippen LogP contribution in [0.2, 0.25) is 0 Å². The van der Waals surface area contributed by atoms with Gasteiger partial charge >= 0.3 is 6.09 Å². The Labute approximate surface area is 197 Å². The van der Waals surface area contributed by atoms with Crippen molar-refractivity contribution in [1.29, 1.82) is 0 Å². The monoisotopic (exact) mass is 460 g/mol. The van der Waals surface area contributed by atoms with E-state index in [-0.39, 0.29) is 23.8 Å². The first kappa shape index (κ1) is 23.3. The number of fused-ring (bicyclic) bond motifs is 3. The zero-order valence-corrected chi connectivity index (χ0v) is 19.0. The van der Waals surface area contributed by atoms with Crippen molar-refractivity contribution in [3.05, 3.63) is 87.8 Å². The summed E-state index contributed by atoms with van der Waals surface area (Å²) in [5.41, 5.74) is 11.2. The maximum atomic E-state index is 12.3. The van der Waals surface area contributed by atoms with Crippen LogP contribution in [0.4, 0.5) is 10.5 Å². The summed E-state index contributed by atoms with van der Waals surface area (Å²) in [5, 5.41) is 5.26. The number of anilines is 1. The van der Waals surface area contributed by atoms with Gasteiger partial charge < -0.3 is 26.1 Å². The predicted molar refractivity (Wildman–Crippen MR) is 131 cm³/mol. The van der Waals surface area contributed by atoms with Gasteiger partial charge in [0, 0.05) is 18.7 Å². The number of hydrogen-bond donors (Lipinski definition) is 4. The molecule has 2 amide bonds. The number of aryl methyl sites for hydroxylation is 1. The molecule has 0 spiro atoms. The first-order valence-corrected chi connectivity index (χ1v) is 11.3. The van der Waals surface area contributed by atoms with Crippen molar-refractivity contribution in [2.75, 3.05) is 18.5 Å². The molecule has 8 heteroatoms. The van der Waals surface area contributed by atoms with E-state index in [0.29, 0.717) is 19.4 Å². The van der Waals surface area contributed by atoms with Crippen LogP contribution in [0, 0.1) is 6.92 Å². The second-order valence-corrected chi connectivity index (χ2v) is 8.41. The normalized spacial score (nSPS) is 13.0. The maximum Gasteiger partial charge on any atom is 0.407 e. The van der Waals surface area contributed by atoms with Crippen LogP contribution in [0.3, 0.4) is 0 Å². The number of rotatable bonds is 8. The Morgan fingerprint density at radius 3 is 2.41 bits per heavy atom. The Kier molecular flexibility index (Phi) is 7.08. The first-order valence-electron chi connectivity index (χ1n) is 11.3. The maximum absolute atomic E-state index is 12.3. The molecule has 2 aromatic carbocycles. The van der Waals surface area contributed by atoms with E-state index in [1.807, 2.05) is 24.3 Å². The van der Waals surface area contributed by atoms with E-state index in [0.717, 1.165) is 16.7 Å². The molecule has 0 aliphatic heterocycles. The van der Waals surface area contributed by atoms with Crippen molar-refractivity contribution in [3.8, 4) is 11.1 Å². The number of hydrogen-bond acceptors (Lipinski definition) is 5. The number of carbonyl (C=O) groups is 2. The number of pyridine rings is 1. The quantitative estimate of drug-likeness (QED) is 0.384. The zero-order valence-electron chi connectivity index (χ0n) is 19.0. The summed E-state index contributed by atoms with van der Waals surface area (Å²) in [5.74, 6) is -0.447. The van der Waals surface area contributed by atoms with Gasteiger partial charge in [-0.25, -0.2) is 4.79 Å². The number of aromatic nitrogens is 1. The van der Waals surface area contributed by atoms with E-state index >= 15 is 0 Å². The minimum Gasteiger partial charge on any atom is -0.449 e. The van der Waals surface area contributed by atoms with E-state index < -0.39 is 18.0 Å². The third kappa shape index (κ3) is 5.18. The van der Waals surface area contributed by atoms with Crippen LogP contribution >= 0.6 is 0 Å². The van der Waals surface area contributed by atoms with Crippen LogP contribution in [0.1, 0.15) is 35.4 Å². The summed E-state index contributed by atoms with van der Waals surface area (Å²) >= 11 is 0. The average molecular weight is 461 g/mol. The Morgan fingerprint density at radius 2 is 1.74 bits per heavy atom. The van der Waals surface area contributed by atoms with Gasteiger partial charge in [0.2, 0.25) is 5.91 Å². The topological polar surface area (TPSA) is 126 Å². The van der Waals surface area contributed by atoms with Gasteiger partial charge in [0.15, 0.2) is 0 Å². The third-order valence-electron chi connectivity index (χ3n) is 5.95. The highest BCUT2D eigenvalue weighted by Gasteiger charge is 2.29. The Bertz CT molecular complexity index is 1210. The number of nitrogens with two attached hydrogens (primary N) is 1. The van der Waals surface area contributed by atoms with E-state index in [9.17, 15) is 14.4 Å². The van der Waals surface area contributed by atoms with Gasteiger partial charge in [-0.15, -0.1) is 0 Å². The summed E-state index contributed by atoms with van der Waals surface area (Å²) < 4.78 is 5.50. The van der Waals surface area contributed by atoms with Crippen LogP contribution in [0.15, 0.2) is 65.6 Å². The molecule has 0 saturated heterocycles. The fraction of sp³-hybridized carbons (Fsp3) is 0.269. The molecular formula is C26H28N4O4. The van der Waals surface area contributed by atoms with Crippen molar-refractivity contribution in [2.45, 2.75) is 31.7 Å². The van der Waals surface area contributed by atoms with Gasteiger partial charge in [-0.3, -0.25) is 9.59 Å². The van der Waals surface area contributed by atoms with Crippen molar-refractivity contribution in [3.63, 3.8) is 0 Å². The Morgan fingerprint density at radius 1 is 1.09 bits per heavy atom. The number of benzene rings is 2. The summed E-state index contributed by atoms with van der Waals surface area (Å²) in [7, 11) is 0. The molecule has 1 atom stereocenters. The Hall–Kier alpha value is -3.91. The van der Waals surface area contributed by atoms with Crippen molar-refractivity contribution in [2.24, 2.45) is 5.73 Å². The van der Waals surface area contributed by atoms with Crippen LogP contribution < -0.4 is 21.9 Å². The minimum absolute atomic E-state index is 0.0000389. The largest absolute Gasteiger partial charge is 0.449 e. The highest BCUT2D eigenvalue weighted by molar-refractivity contribution is 5.94. The lowest BCUT2D eigenvalue weighted by molar-refractivity contribution is -0.117. The van der Waals surface area contributed by atoms with E-state index in [2.05, 4.69) is 39.9 Å². The number of ether oxygens (including phenoxy) is 1. The van der Waals surface area contributed by atoms with Crippen molar-refractivity contribution in [1.82, 2.24) is 10.3 Å². The van der Waals surface area contributed by atoms with Gasteiger partial charge in [-0.1, -0.05) is 48.5 Å². The van der Waals surface area contributed by atoms with Crippen LogP contribution in [0.25, 0.3) is 11.1 Å². The molecule has 3 aromatic rings. The van der Waals surface area contributed by atoms with Crippen LogP contribution in [-0.4, -0.2) is 36.2 Å². The molecule has 1 aliphatic carbocycles. The predicted octanol–water partition coefficient (Wildman–Crippen LogP) is 3.27. The molecular weight excluding hydrogens is 432 g/mol. The minimum atomic E-state index is -0.802. The van der Waals surface area contributed by atoms with Crippen LogP contribution in [-0.2, 0) is 9.53 Å². The van der Waals surface area contributed by atoms with Gasteiger partial charge in [-0.2, -0.15) is 0 Å². The van der Waals surface area contributed by atoms with E-state index in [1.165, 1.54) is 11.1 Å². The number of alkyl carbamates (subject to hydrolysis) is 1. The second-order valence-electron chi connectivity index (χ2n) is 8.41. The summed E-state index contributed by atoms with van der Waals surface area (Å²) in [4.78, 5) is 38.8. The lowest BCUT2D eigenvalue weighted by Crippen LogP contribution is -2.37. The summed E-state index contributed by atoms with van der Waals surface area (Å²) in [6.07, 6.45) is 1.89. The van der Waals surface area contributed by atoms with Gasteiger partial charge in [-0.05, 0) is 53.6 Å². The average Bonchev–Trinajstić information content (AvgIpc) is 3.16. The number of nitrogens with one attached hydrogen (secondary N) is 3. The van der Waals surface area contributed by atoms with E-state index in [1.54, 1.807) is 19.2 Å². The number of H-pyrrole nitrogens is 1. The summed E-state index contributed by atoms with van der Waals surface area (Å²) in [6.45, 7) is 2.37. The third-order valence-corrected chi connectivity index (χ3v) is 5.95. The van der Waals surface area contributed by atoms with Gasteiger partial charge in [0.05, 0.1) is 6.04 Å². The summed E-state index contributed by atoms with van der Waals surface area (Å²) in [6, 6.07) is 17.1. The fourth-order valence-electron chi connectivity index (χ4n) is 4.20. The first-order chi connectivity index (χ1) is 16.4.